The van der Waals surface area contributed by atoms with Crippen molar-refractivity contribution >= 4 is 23.3 Å². The zero-order valence-electron chi connectivity index (χ0n) is 18.0. The molecular weight excluding hydrogens is 398 g/mol. The second-order valence-electron chi connectivity index (χ2n) is 7.95. The lowest BCUT2D eigenvalue weighted by Crippen LogP contribution is -2.48. The number of urea groups is 1. The van der Waals surface area contributed by atoms with Crippen molar-refractivity contribution < 1.29 is 14.3 Å². The van der Waals surface area contributed by atoms with Gasteiger partial charge in [0.25, 0.3) is 0 Å². The van der Waals surface area contributed by atoms with Crippen LogP contribution < -0.4 is 0 Å². The summed E-state index contributed by atoms with van der Waals surface area (Å²) in [6.45, 7) is 4.34. The standard InChI is InChI=1S/C23H31N3O3S/c1-18-11-13-30-21(18)16-25(14-19-8-5-4-6-9-19)22(27)17-26(23(28)24(2)3)15-20-10-7-12-29-20/h4-6,8-9,11,13,20H,7,10,12,14-17H2,1-3H3/t20-/m1/s1. The SMILES string of the molecule is Cc1ccsc1CN(Cc1ccccc1)C(=O)CN(C[C@H]1CCCO1)C(=O)N(C)C. The van der Waals surface area contributed by atoms with Crippen molar-refractivity contribution in [2.24, 2.45) is 0 Å². The van der Waals surface area contributed by atoms with Gasteiger partial charge in [-0.05, 0) is 42.3 Å². The summed E-state index contributed by atoms with van der Waals surface area (Å²) in [4.78, 5) is 32.3. The Labute approximate surface area is 183 Å². The van der Waals surface area contributed by atoms with Crippen LogP contribution in [0.5, 0.6) is 0 Å². The van der Waals surface area contributed by atoms with Crippen LogP contribution in [0, 0.1) is 6.92 Å². The maximum Gasteiger partial charge on any atom is 0.320 e. The van der Waals surface area contributed by atoms with Gasteiger partial charge in [-0.3, -0.25) is 4.79 Å². The Kier molecular flexibility index (Phi) is 7.87. The second kappa shape index (κ2) is 10.6. The number of carbonyl (C=O) groups is 2. The molecule has 0 N–H and O–H groups in total. The molecule has 0 saturated carbocycles. The average molecular weight is 430 g/mol. The minimum atomic E-state index is -0.161. The highest BCUT2D eigenvalue weighted by atomic mass is 32.1. The van der Waals surface area contributed by atoms with Crippen LogP contribution in [0.1, 0.15) is 28.8 Å². The molecule has 2 aromatic rings. The average Bonchev–Trinajstić information content (AvgIpc) is 3.39. The number of rotatable bonds is 8. The molecule has 6 nitrogen and oxygen atoms in total. The normalized spacial score (nSPS) is 15.8. The number of nitrogens with zero attached hydrogens (tertiary/aromatic N) is 3. The van der Waals surface area contributed by atoms with Crippen LogP contribution in [0.15, 0.2) is 41.8 Å². The van der Waals surface area contributed by atoms with Crippen molar-refractivity contribution in [1.29, 1.82) is 0 Å². The Morgan fingerprint density at radius 2 is 1.87 bits per heavy atom. The first-order valence-corrected chi connectivity index (χ1v) is 11.2. The second-order valence-corrected chi connectivity index (χ2v) is 8.96. The molecule has 0 unspecified atom stereocenters. The van der Waals surface area contributed by atoms with Crippen LogP contribution in [-0.4, -0.2) is 66.5 Å². The molecular formula is C23H31N3O3S. The molecule has 3 amide bonds. The summed E-state index contributed by atoms with van der Waals surface area (Å²) in [5, 5.41) is 2.05. The summed E-state index contributed by atoms with van der Waals surface area (Å²) < 4.78 is 5.72. The molecule has 1 aromatic carbocycles. The van der Waals surface area contributed by atoms with E-state index in [9.17, 15) is 9.59 Å². The fourth-order valence-electron chi connectivity index (χ4n) is 3.57. The van der Waals surface area contributed by atoms with Gasteiger partial charge in [0.2, 0.25) is 5.91 Å². The molecule has 1 aliphatic rings. The van der Waals surface area contributed by atoms with Gasteiger partial charge in [0, 0.05) is 38.7 Å². The van der Waals surface area contributed by atoms with Crippen LogP contribution in [0.4, 0.5) is 4.79 Å². The van der Waals surface area contributed by atoms with Gasteiger partial charge < -0.3 is 19.4 Å². The molecule has 7 heteroatoms. The maximum atomic E-state index is 13.4. The summed E-state index contributed by atoms with van der Waals surface area (Å²) in [6.07, 6.45) is 1.93. The number of hydrogen-bond acceptors (Lipinski definition) is 4. The molecule has 0 spiro atoms. The van der Waals surface area contributed by atoms with Crippen molar-refractivity contribution in [2.45, 2.75) is 39.0 Å². The van der Waals surface area contributed by atoms with Crippen molar-refractivity contribution in [3.8, 4) is 0 Å². The zero-order chi connectivity index (χ0) is 21.5. The van der Waals surface area contributed by atoms with Gasteiger partial charge in [-0.1, -0.05) is 30.3 Å². The smallest absolute Gasteiger partial charge is 0.320 e. The van der Waals surface area contributed by atoms with Crippen LogP contribution in [0.3, 0.4) is 0 Å². The summed E-state index contributed by atoms with van der Waals surface area (Å²) in [5.74, 6) is -0.0557. The highest BCUT2D eigenvalue weighted by molar-refractivity contribution is 7.10. The summed E-state index contributed by atoms with van der Waals surface area (Å²) in [6, 6.07) is 11.9. The lowest BCUT2D eigenvalue weighted by Gasteiger charge is -2.30. The Morgan fingerprint density at radius 3 is 2.47 bits per heavy atom. The Balaban J connectivity index is 1.76. The lowest BCUT2D eigenvalue weighted by molar-refractivity contribution is -0.133. The third kappa shape index (κ3) is 6.06. The van der Waals surface area contributed by atoms with E-state index in [1.54, 1.807) is 30.3 Å². The highest BCUT2D eigenvalue weighted by Crippen LogP contribution is 2.20. The molecule has 2 heterocycles. The molecule has 0 aliphatic carbocycles. The molecule has 0 bridgehead atoms. The molecule has 1 aliphatic heterocycles. The zero-order valence-corrected chi connectivity index (χ0v) is 18.9. The molecule has 3 rings (SSSR count). The minimum absolute atomic E-state index is 0.00353. The van der Waals surface area contributed by atoms with Crippen molar-refractivity contribution in [3.05, 3.63) is 57.8 Å². The number of thiophene rings is 1. The largest absolute Gasteiger partial charge is 0.376 e. The Morgan fingerprint density at radius 1 is 1.10 bits per heavy atom. The molecule has 0 radical (unpaired) electrons. The first kappa shape index (κ1) is 22.3. The molecule has 162 valence electrons. The number of hydrogen-bond donors (Lipinski definition) is 0. The summed E-state index contributed by atoms with van der Waals surface area (Å²) >= 11 is 1.66. The monoisotopic (exact) mass is 429 g/mol. The summed E-state index contributed by atoms with van der Waals surface area (Å²) in [7, 11) is 3.43. The predicted octanol–water partition coefficient (Wildman–Crippen LogP) is 3.75. The van der Waals surface area contributed by atoms with Crippen molar-refractivity contribution in [3.63, 3.8) is 0 Å². The van der Waals surface area contributed by atoms with E-state index in [0.29, 0.717) is 19.6 Å². The number of carbonyl (C=O) groups excluding carboxylic acids is 2. The predicted molar refractivity (Wildman–Crippen MR) is 119 cm³/mol. The fraction of sp³-hybridized carbons (Fsp3) is 0.478. The van der Waals surface area contributed by atoms with Gasteiger partial charge in [0.15, 0.2) is 0 Å². The van der Waals surface area contributed by atoms with E-state index in [4.69, 9.17) is 4.74 Å². The van der Waals surface area contributed by atoms with Crippen LogP contribution in [0.2, 0.25) is 0 Å². The number of benzene rings is 1. The third-order valence-electron chi connectivity index (χ3n) is 5.30. The molecule has 1 saturated heterocycles. The first-order valence-electron chi connectivity index (χ1n) is 10.4. The Hall–Kier alpha value is -2.38. The van der Waals surface area contributed by atoms with Gasteiger partial charge in [-0.15, -0.1) is 11.3 Å². The van der Waals surface area contributed by atoms with Crippen LogP contribution in [0.25, 0.3) is 0 Å². The van der Waals surface area contributed by atoms with Crippen LogP contribution in [-0.2, 0) is 22.6 Å². The van der Waals surface area contributed by atoms with Gasteiger partial charge >= 0.3 is 6.03 Å². The van der Waals surface area contributed by atoms with Crippen molar-refractivity contribution in [1.82, 2.24) is 14.7 Å². The maximum absolute atomic E-state index is 13.4. The third-order valence-corrected chi connectivity index (χ3v) is 6.31. The topological polar surface area (TPSA) is 53.1 Å². The van der Waals surface area contributed by atoms with E-state index in [-0.39, 0.29) is 24.6 Å². The first-order chi connectivity index (χ1) is 14.4. The summed E-state index contributed by atoms with van der Waals surface area (Å²) in [5.41, 5.74) is 2.26. The fourth-order valence-corrected chi connectivity index (χ4v) is 4.49. The van der Waals surface area contributed by atoms with Crippen LogP contribution >= 0.6 is 11.3 Å². The van der Waals surface area contributed by atoms with Gasteiger partial charge in [-0.2, -0.15) is 0 Å². The Bertz CT molecular complexity index is 831. The number of ether oxygens (including phenoxy) is 1. The number of aryl methyl sites for hydroxylation is 1. The van der Waals surface area contributed by atoms with E-state index in [2.05, 4.69) is 18.4 Å². The van der Waals surface area contributed by atoms with Gasteiger partial charge in [0.05, 0.1) is 12.6 Å². The van der Waals surface area contributed by atoms with Gasteiger partial charge in [0.1, 0.15) is 6.54 Å². The van der Waals surface area contributed by atoms with E-state index in [0.717, 1.165) is 25.0 Å². The van der Waals surface area contributed by atoms with E-state index >= 15 is 0 Å². The molecule has 1 atom stereocenters. The number of amides is 3. The molecule has 30 heavy (non-hydrogen) atoms. The quantitative estimate of drug-likeness (QED) is 0.642. The van der Waals surface area contributed by atoms with Gasteiger partial charge in [-0.25, -0.2) is 4.79 Å². The van der Waals surface area contributed by atoms with E-state index in [1.165, 1.54) is 15.3 Å². The molecule has 1 aromatic heterocycles. The molecule has 1 fully saturated rings. The lowest BCUT2D eigenvalue weighted by atomic mass is 10.2. The minimum Gasteiger partial charge on any atom is -0.376 e. The van der Waals surface area contributed by atoms with E-state index in [1.807, 2.05) is 35.2 Å². The highest BCUT2D eigenvalue weighted by Gasteiger charge is 2.27. The van der Waals surface area contributed by atoms with Crippen molar-refractivity contribution in [2.75, 3.05) is 33.8 Å². The van der Waals surface area contributed by atoms with E-state index < -0.39 is 0 Å².